The van der Waals surface area contributed by atoms with E-state index in [1.54, 1.807) is 6.20 Å². The van der Waals surface area contributed by atoms with Crippen molar-refractivity contribution in [3.8, 4) is 16.9 Å². The van der Waals surface area contributed by atoms with Gasteiger partial charge in [-0.15, -0.1) is 0 Å². The third kappa shape index (κ3) is 11.7. The monoisotopic (exact) mass is 462 g/mol. The summed E-state index contributed by atoms with van der Waals surface area (Å²) in [5, 5.41) is 3.13. The highest BCUT2D eigenvalue weighted by molar-refractivity contribution is 7.51. The van der Waals surface area contributed by atoms with Gasteiger partial charge in [0.05, 0.1) is 12.8 Å². The number of aromatic nitrogens is 1. The van der Waals surface area contributed by atoms with E-state index in [1.165, 1.54) is 51.4 Å². The van der Waals surface area contributed by atoms with Crippen LogP contribution in [-0.4, -0.2) is 34.1 Å². The van der Waals surface area contributed by atoms with Gasteiger partial charge >= 0.3 is 7.60 Å². The van der Waals surface area contributed by atoms with Crippen molar-refractivity contribution in [2.75, 3.05) is 24.6 Å². The largest absolute Gasteiger partial charge is 0.494 e. The maximum Gasteiger partial charge on any atom is 0.325 e. The standard InChI is InChI=1S/C25H39N2O4P/c1-2-3-4-5-6-7-8-9-10-18-31-24-14-11-13-22(20-24)23-15-17-27-25(21-23)26-16-12-19-32(28,29)30/h11,13-15,17,20-21H,2-10,12,16,18-19H2,1H3,(H,26,27)(H2,28,29,30). The zero-order chi connectivity index (χ0) is 23.1. The molecule has 0 bridgehead atoms. The molecule has 32 heavy (non-hydrogen) atoms. The number of rotatable bonds is 17. The number of pyridine rings is 1. The van der Waals surface area contributed by atoms with Crippen LogP contribution in [0.3, 0.4) is 0 Å². The van der Waals surface area contributed by atoms with Crippen molar-refractivity contribution >= 4 is 13.4 Å². The third-order valence-corrected chi connectivity index (χ3v) is 6.28. The summed E-state index contributed by atoms with van der Waals surface area (Å²) in [6, 6.07) is 11.9. The van der Waals surface area contributed by atoms with E-state index in [2.05, 4.69) is 17.2 Å². The molecule has 0 saturated carbocycles. The van der Waals surface area contributed by atoms with Gasteiger partial charge < -0.3 is 19.8 Å². The first kappa shape index (κ1) is 26.4. The molecule has 0 atom stereocenters. The number of nitrogens with zero attached hydrogens (tertiary/aromatic N) is 1. The van der Waals surface area contributed by atoms with Crippen LogP contribution in [0.1, 0.15) is 71.1 Å². The molecule has 1 aromatic heterocycles. The van der Waals surface area contributed by atoms with E-state index in [0.29, 0.717) is 18.8 Å². The Balaban J connectivity index is 1.72. The van der Waals surface area contributed by atoms with Crippen LogP contribution in [0.4, 0.5) is 5.82 Å². The van der Waals surface area contributed by atoms with Crippen LogP contribution >= 0.6 is 7.60 Å². The molecule has 2 aromatic rings. The molecule has 0 unspecified atom stereocenters. The van der Waals surface area contributed by atoms with Crippen LogP contribution in [0.5, 0.6) is 5.75 Å². The van der Waals surface area contributed by atoms with Crippen molar-refractivity contribution < 1.29 is 19.1 Å². The molecule has 6 nitrogen and oxygen atoms in total. The van der Waals surface area contributed by atoms with Crippen molar-refractivity contribution in [1.29, 1.82) is 0 Å². The molecule has 7 heteroatoms. The molecule has 0 fully saturated rings. The number of benzene rings is 1. The second kappa shape index (κ2) is 15.0. The van der Waals surface area contributed by atoms with Crippen molar-refractivity contribution in [3.63, 3.8) is 0 Å². The van der Waals surface area contributed by atoms with Crippen LogP contribution in [0, 0.1) is 0 Å². The summed E-state index contributed by atoms with van der Waals surface area (Å²) < 4.78 is 16.9. The maximum atomic E-state index is 10.9. The van der Waals surface area contributed by atoms with Gasteiger partial charge in [0.15, 0.2) is 0 Å². The van der Waals surface area contributed by atoms with E-state index in [4.69, 9.17) is 14.5 Å². The van der Waals surface area contributed by atoms with Gasteiger partial charge in [-0.3, -0.25) is 4.57 Å². The number of anilines is 1. The van der Waals surface area contributed by atoms with Gasteiger partial charge in [-0.2, -0.15) is 0 Å². The summed E-state index contributed by atoms with van der Waals surface area (Å²) in [4.78, 5) is 22.2. The van der Waals surface area contributed by atoms with Gasteiger partial charge in [0, 0.05) is 12.7 Å². The Morgan fingerprint density at radius 3 is 2.31 bits per heavy atom. The molecular weight excluding hydrogens is 423 g/mol. The number of unbranched alkanes of at least 4 members (excludes halogenated alkanes) is 8. The van der Waals surface area contributed by atoms with Crippen LogP contribution < -0.4 is 10.1 Å². The molecule has 0 aliphatic carbocycles. The van der Waals surface area contributed by atoms with E-state index in [-0.39, 0.29) is 6.16 Å². The molecule has 0 aliphatic heterocycles. The molecule has 0 aliphatic rings. The summed E-state index contributed by atoms with van der Waals surface area (Å²) in [6.45, 7) is 3.45. The summed E-state index contributed by atoms with van der Waals surface area (Å²) >= 11 is 0. The van der Waals surface area contributed by atoms with Crippen molar-refractivity contribution in [2.24, 2.45) is 0 Å². The molecule has 0 spiro atoms. The molecule has 1 heterocycles. The number of hydrogen-bond donors (Lipinski definition) is 3. The molecule has 0 saturated heterocycles. The fraction of sp³-hybridized carbons (Fsp3) is 0.560. The Hall–Kier alpha value is -1.88. The van der Waals surface area contributed by atoms with Crippen LogP contribution in [0.15, 0.2) is 42.6 Å². The predicted molar refractivity (Wildman–Crippen MR) is 132 cm³/mol. The fourth-order valence-electron chi connectivity index (χ4n) is 3.58. The highest BCUT2D eigenvalue weighted by Gasteiger charge is 2.11. The Kier molecular flexibility index (Phi) is 12.4. The van der Waals surface area contributed by atoms with E-state index in [0.717, 1.165) is 29.9 Å². The van der Waals surface area contributed by atoms with E-state index >= 15 is 0 Å². The van der Waals surface area contributed by atoms with Crippen molar-refractivity contribution in [1.82, 2.24) is 4.98 Å². The van der Waals surface area contributed by atoms with Gasteiger partial charge in [0.25, 0.3) is 0 Å². The summed E-state index contributed by atoms with van der Waals surface area (Å²) in [7, 11) is -3.95. The summed E-state index contributed by atoms with van der Waals surface area (Å²) in [5.41, 5.74) is 2.07. The zero-order valence-electron chi connectivity index (χ0n) is 19.3. The van der Waals surface area contributed by atoms with Gasteiger partial charge in [-0.1, -0.05) is 70.4 Å². The average molecular weight is 463 g/mol. The first-order valence-corrected chi connectivity index (χ1v) is 13.8. The Morgan fingerprint density at radius 2 is 1.59 bits per heavy atom. The van der Waals surface area contributed by atoms with Gasteiger partial charge in [0.2, 0.25) is 0 Å². The molecule has 2 rings (SSSR count). The lowest BCUT2D eigenvalue weighted by Crippen LogP contribution is -2.05. The molecule has 0 radical (unpaired) electrons. The predicted octanol–water partition coefficient (Wildman–Crippen LogP) is 6.64. The average Bonchev–Trinajstić information content (AvgIpc) is 2.78. The zero-order valence-corrected chi connectivity index (χ0v) is 20.2. The van der Waals surface area contributed by atoms with E-state index < -0.39 is 7.60 Å². The van der Waals surface area contributed by atoms with E-state index in [1.807, 2.05) is 36.4 Å². The highest BCUT2D eigenvalue weighted by Crippen LogP contribution is 2.34. The molecular formula is C25H39N2O4P. The first-order valence-electron chi connectivity index (χ1n) is 12.0. The van der Waals surface area contributed by atoms with Crippen LogP contribution in [0.25, 0.3) is 11.1 Å². The molecule has 3 N–H and O–H groups in total. The van der Waals surface area contributed by atoms with Crippen molar-refractivity contribution in [3.05, 3.63) is 42.6 Å². The lowest BCUT2D eigenvalue weighted by atomic mass is 10.1. The minimum Gasteiger partial charge on any atom is -0.494 e. The third-order valence-electron chi connectivity index (χ3n) is 5.38. The number of hydrogen-bond acceptors (Lipinski definition) is 4. The molecule has 1 aromatic carbocycles. The molecule has 178 valence electrons. The highest BCUT2D eigenvalue weighted by atomic mass is 31.2. The first-order chi connectivity index (χ1) is 15.5. The smallest absolute Gasteiger partial charge is 0.325 e. The minimum absolute atomic E-state index is 0.127. The second-order valence-corrected chi connectivity index (χ2v) is 10.1. The summed E-state index contributed by atoms with van der Waals surface area (Å²) in [5.74, 6) is 1.56. The van der Waals surface area contributed by atoms with Crippen molar-refractivity contribution in [2.45, 2.75) is 71.1 Å². The maximum absolute atomic E-state index is 10.9. The fourth-order valence-corrected chi connectivity index (χ4v) is 4.15. The molecule has 0 amide bonds. The Bertz CT molecular complexity index is 825. The van der Waals surface area contributed by atoms with Crippen LogP contribution in [-0.2, 0) is 4.57 Å². The lowest BCUT2D eigenvalue weighted by molar-refractivity contribution is 0.304. The van der Waals surface area contributed by atoms with Gasteiger partial charge in [-0.05, 0) is 48.2 Å². The van der Waals surface area contributed by atoms with E-state index in [9.17, 15) is 4.57 Å². The van der Waals surface area contributed by atoms with Gasteiger partial charge in [-0.25, -0.2) is 4.98 Å². The Morgan fingerprint density at radius 1 is 0.906 bits per heavy atom. The van der Waals surface area contributed by atoms with Crippen LogP contribution in [0.2, 0.25) is 0 Å². The topological polar surface area (TPSA) is 91.7 Å². The van der Waals surface area contributed by atoms with Gasteiger partial charge in [0.1, 0.15) is 11.6 Å². The minimum atomic E-state index is -3.95. The number of nitrogens with one attached hydrogen (secondary N) is 1. The summed E-state index contributed by atoms with van der Waals surface area (Å²) in [6.07, 6.45) is 13.7. The normalized spacial score (nSPS) is 11.5. The SMILES string of the molecule is CCCCCCCCCCCOc1cccc(-c2ccnc(NCCCP(=O)(O)O)c2)c1. The lowest BCUT2D eigenvalue weighted by Gasteiger charge is -2.10. The number of ether oxygens (including phenoxy) is 1. The Labute approximate surface area is 193 Å². The second-order valence-electron chi connectivity index (χ2n) is 8.30. The quantitative estimate of drug-likeness (QED) is 0.180.